The monoisotopic (exact) mass is 238 g/mol. The Morgan fingerprint density at radius 2 is 1.79 bits per heavy atom. The minimum atomic E-state index is -4.17. The molecule has 0 aromatic heterocycles. The van der Waals surface area contributed by atoms with Crippen LogP contribution in [0.4, 0.5) is 0 Å². The minimum absolute atomic E-state index is 0.216. The zero-order valence-corrected chi connectivity index (χ0v) is 8.29. The maximum absolute atomic E-state index is 10.6. The van der Waals surface area contributed by atoms with Crippen molar-refractivity contribution in [3.63, 3.8) is 0 Å². The van der Waals surface area contributed by atoms with Gasteiger partial charge in [0.1, 0.15) is 0 Å². The smallest absolute Gasteiger partial charge is 0.282 e. The van der Waals surface area contributed by atoms with Crippen LogP contribution in [-0.4, -0.2) is 18.2 Å². The molecule has 0 amide bonds. The first-order chi connectivity index (χ1) is 6.54. The van der Waals surface area contributed by atoms with Gasteiger partial charge in [-0.3, -0.25) is 4.55 Å². The van der Waals surface area contributed by atoms with Crippen molar-refractivity contribution in [3.05, 3.63) is 24.3 Å². The molecule has 0 unspecified atom stereocenters. The Kier molecular flexibility index (Phi) is 3.86. The van der Waals surface area contributed by atoms with E-state index in [1.165, 1.54) is 24.3 Å². The van der Waals surface area contributed by atoms with Gasteiger partial charge in [0.05, 0.1) is 16.9 Å². The second-order valence-electron chi connectivity index (χ2n) is 2.17. The van der Waals surface area contributed by atoms with Crippen molar-refractivity contribution in [1.29, 1.82) is 0 Å². The second-order valence-corrected chi connectivity index (χ2v) is 4.37. The van der Waals surface area contributed by atoms with Crippen LogP contribution < -0.4 is 0 Å². The van der Waals surface area contributed by atoms with Gasteiger partial charge in [-0.05, 0) is 24.3 Å². The third-order valence-corrected chi connectivity index (χ3v) is 2.74. The highest BCUT2D eigenvalue weighted by molar-refractivity contribution is 7.94. The summed E-state index contributed by atoms with van der Waals surface area (Å²) in [5.41, 5.74) is 0. The fourth-order valence-corrected chi connectivity index (χ4v) is 1.56. The molecule has 0 radical (unpaired) electrons. The molecule has 0 fully saturated rings. The lowest BCUT2D eigenvalue weighted by Crippen LogP contribution is -1.96. The molecule has 78 valence electrons. The van der Waals surface area contributed by atoms with E-state index >= 15 is 0 Å². The van der Waals surface area contributed by atoms with E-state index in [1.54, 1.807) is 0 Å². The summed E-state index contributed by atoms with van der Waals surface area (Å²) in [5, 5.41) is 11.2. The molecule has 1 rings (SSSR count). The van der Waals surface area contributed by atoms with Crippen LogP contribution >= 0.6 is 12.0 Å². The van der Waals surface area contributed by atoms with E-state index < -0.39 is 10.1 Å². The molecule has 1 aromatic carbocycles. The number of hydrogen-bond donors (Lipinski definition) is 2. The van der Waals surface area contributed by atoms with Crippen molar-refractivity contribution in [1.82, 2.24) is 0 Å². The van der Waals surface area contributed by atoms with Gasteiger partial charge in [-0.25, -0.2) is 5.26 Å². The molecule has 0 aliphatic carbocycles. The van der Waals surface area contributed by atoms with Gasteiger partial charge in [0, 0.05) is 4.90 Å². The summed E-state index contributed by atoms with van der Waals surface area (Å²) in [6.07, 6.45) is 0. The van der Waals surface area contributed by atoms with Crippen LogP contribution in [0.1, 0.15) is 0 Å². The summed E-state index contributed by atoms with van der Waals surface area (Å²) in [4.78, 5) is 0.290. The summed E-state index contributed by atoms with van der Waals surface area (Å²) >= 11 is 0.691. The fourth-order valence-electron chi connectivity index (χ4n) is 0.722. The molecule has 0 aliphatic rings. The lowest BCUT2D eigenvalue weighted by atomic mass is 10.4. The van der Waals surface area contributed by atoms with Crippen LogP contribution in [0.15, 0.2) is 34.1 Å². The van der Waals surface area contributed by atoms with Crippen molar-refractivity contribution < 1.29 is 27.6 Å². The van der Waals surface area contributed by atoms with Crippen molar-refractivity contribution in [2.45, 2.75) is 9.79 Å². The molecular weight excluding hydrogens is 232 g/mol. The first-order valence-corrected chi connectivity index (χ1v) is 5.44. The normalized spacial score (nSPS) is 11.6. The zero-order chi connectivity index (χ0) is 10.6. The van der Waals surface area contributed by atoms with Crippen molar-refractivity contribution in [2.24, 2.45) is 0 Å². The summed E-state index contributed by atoms with van der Waals surface area (Å²) < 4.78 is 34.0. The van der Waals surface area contributed by atoms with E-state index in [0.29, 0.717) is 16.9 Å². The first-order valence-electron chi connectivity index (χ1n) is 3.26. The van der Waals surface area contributed by atoms with Gasteiger partial charge in [-0.1, -0.05) is 5.04 Å². The second kappa shape index (κ2) is 4.73. The molecule has 8 heteroatoms. The third kappa shape index (κ3) is 3.25. The Morgan fingerprint density at radius 3 is 2.21 bits per heavy atom. The predicted molar refractivity (Wildman–Crippen MR) is 46.9 cm³/mol. The largest absolute Gasteiger partial charge is 0.294 e. The van der Waals surface area contributed by atoms with E-state index in [2.05, 4.69) is 9.37 Å². The fraction of sp³-hybridized carbons (Fsp3) is 0. The van der Waals surface area contributed by atoms with Crippen LogP contribution in [0.5, 0.6) is 0 Å². The van der Waals surface area contributed by atoms with E-state index in [4.69, 9.17) is 9.81 Å². The summed E-state index contributed by atoms with van der Waals surface area (Å²) in [7, 11) is -4.17. The molecule has 0 spiro atoms. The summed E-state index contributed by atoms with van der Waals surface area (Å²) in [6, 6.07) is 5.15. The third-order valence-electron chi connectivity index (χ3n) is 1.28. The average molecular weight is 238 g/mol. The van der Waals surface area contributed by atoms with Gasteiger partial charge in [-0.15, -0.1) is 4.33 Å². The molecule has 0 atom stereocenters. The van der Waals surface area contributed by atoms with Gasteiger partial charge in [0.15, 0.2) is 0 Å². The highest BCUT2D eigenvalue weighted by atomic mass is 32.2. The highest BCUT2D eigenvalue weighted by Gasteiger charge is 2.08. The van der Waals surface area contributed by atoms with Crippen molar-refractivity contribution >= 4 is 22.2 Å². The van der Waals surface area contributed by atoms with Gasteiger partial charge >= 0.3 is 0 Å². The SMILES string of the molecule is O=S(=O)(O)c1ccc(SOOO)cc1. The lowest BCUT2D eigenvalue weighted by Gasteiger charge is -1.98. The van der Waals surface area contributed by atoms with Crippen LogP contribution in [-0.2, 0) is 19.5 Å². The molecule has 0 bridgehead atoms. The molecule has 0 saturated heterocycles. The predicted octanol–water partition coefficient (Wildman–Crippen LogP) is 1.36. The van der Waals surface area contributed by atoms with E-state index in [1.807, 2.05) is 0 Å². The minimum Gasteiger partial charge on any atom is -0.282 e. The molecule has 0 saturated carbocycles. The summed E-state index contributed by atoms with van der Waals surface area (Å²) in [5.74, 6) is 0. The van der Waals surface area contributed by atoms with Gasteiger partial charge in [0.25, 0.3) is 10.1 Å². The Labute approximate surface area is 84.3 Å². The van der Waals surface area contributed by atoms with E-state index in [-0.39, 0.29) is 4.90 Å². The van der Waals surface area contributed by atoms with Gasteiger partial charge in [-0.2, -0.15) is 8.42 Å². The molecule has 2 N–H and O–H groups in total. The lowest BCUT2D eigenvalue weighted by molar-refractivity contribution is -0.432. The maximum Gasteiger partial charge on any atom is 0.294 e. The van der Waals surface area contributed by atoms with Crippen molar-refractivity contribution in [3.8, 4) is 0 Å². The van der Waals surface area contributed by atoms with Gasteiger partial charge < -0.3 is 0 Å². The molecule has 0 heterocycles. The number of hydrogen-bond acceptors (Lipinski definition) is 6. The van der Waals surface area contributed by atoms with E-state index in [9.17, 15) is 8.42 Å². The Hall–Kier alpha value is -0.640. The number of benzene rings is 1. The van der Waals surface area contributed by atoms with E-state index in [0.717, 1.165) is 0 Å². The van der Waals surface area contributed by atoms with Crippen LogP contribution in [0.3, 0.4) is 0 Å². The number of rotatable bonds is 4. The summed E-state index contributed by atoms with van der Waals surface area (Å²) in [6.45, 7) is 0. The van der Waals surface area contributed by atoms with Gasteiger partial charge in [0.2, 0.25) is 0 Å². The Bertz CT molecular complexity index is 383. The average Bonchev–Trinajstić information content (AvgIpc) is 2.14. The topological polar surface area (TPSA) is 93.1 Å². The quantitative estimate of drug-likeness (QED) is 0.354. The van der Waals surface area contributed by atoms with Crippen LogP contribution in [0.2, 0.25) is 0 Å². The molecule has 0 aliphatic heterocycles. The maximum atomic E-state index is 10.6. The van der Waals surface area contributed by atoms with Crippen molar-refractivity contribution in [2.75, 3.05) is 0 Å². The zero-order valence-electron chi connectivity index (χ0n) is 6.65. The standard InChI is InChI=1S/C6H6O6S2/c7-11-12-13-5-1-3-6(4-2-5)14(8,9)10/h1-4,7H,(H,8,9,10). The van der Waals surface area contributed by atoms with Crippen LogP contribution in [0.25, 0.3) is 0 Å². The van der Waals surface area contributed by atoms with Crippen LogP contribution in [0, 0.1) is 0 Å². The first kappa shape index (κ1) is 11.4. The molecule has 14 heavy (non-hydrogen) atoms. The molecule has 1 aromatic rings. The Morgan fingerprint density at radius 1 is 1.21 bits per heavy atom. The highest BCUT2D eigenvalue weighted by Crippen LogP contribution is 2.20. The Balaban J connectivity index is 2.79. The molecular formula is C6H6O6S2. The molecule has 6 nitrogen and oxygen atoms in total.